The molecule has 0 saturated heterocycles. The van der Waals surface area contributed by atoms with Gasteiger partial charge in [0.2, 0.25) is 0 Å². The highest BCUT2D eigenvalue weighted by Crippen LogP contribution is 2.25. The minimum absolute atomic E-state index is 0.261. The van der Waals surface area contributed by atoms with Gasteiger partial charge in [0, 0.05) is 4.47 Å². The first-order chi connectivity index (χ1) is 9.51. The number of nitriles is 1. The zero-order valence-corrected chi connectivity index (χ0v) is 12.9. The van der Waals surface area contributed by atoms with Crippen LogP contribution >= 0.6 is 27.5 Å². The second-order valence-corrected chi connectivity index (χ2v) is 5.51. The Morgan fingerprint density at radius 1 is 1.30 bits per heavy atom. The Hall–Kier alpha value is -1.83. The van der Waals surface area contributed by atoms with Gasteiger partial charge in [-0.1, -0.05) is 17.7 Å². The molecule has 0 aliphatic carbocycles. The molecule has 0 heterocycles. The number of aryl methyl sites for hydroxylation is 1. The highest BCUT2D eigenvalue weighted by atomic mass is 79.9. The molecule has 20 heavy (non-hydrogen) atoms. The number of hydrogen-bond acceptors (Lipinski definition) is 2. The highest BCUT2D eigenvalue weighted by Gasteiger charge is 2.12. The summed E-state index contributed by atoms with van der Waals surface area (Å²) in [4.78, 5) is 12.2. The topological polar surface area (TPSA) is 52.9 Å². The molecule has 2 aromatic carbocycles. The molecule has 0 saturated carbocycles. The van der Waals surface area contributed by atoms with Gasteiger partial charge in [-0.15, -0.1) is 0 Å². The number of benzene rings is 2. The molecule has 2 rings (SSSR count). The van der Waals surface area contributed by atoms with Gasteiger partial charge in [-0.05, 0) is 58.7 Å². The summed E-state index contributed by atoms with van der Waals surface area (Å²) >= 11 is 9.39. The van der Waals surface area contributed by atoms with E-state index in [1.807, 2.05) is 25.1 Å². The Balaban J connectivity index is 2.26. The largest absolute Gasteiger partial charge is 0.321 e. The Bertz CT molecular complexity index is 722. The lowest BCUT2D eigenvalue weighted by Crippen LogP contribution is -2.13. The summed E-state index contributed by atoms with van der Waals surface area (Å²) in [6.07, 6.45) is 0. The molecule has 0 atom stereocenters. The van der Waals surface area contributed by atoms with Gasteiger partial charge < -0.3 is 5.32 Å². The smallest absolute Gasteiger partial charge is 0.256 e. The van der Waals surface area contributed by atoms with Crippen molar-refractivity contribution in [2.45, 2.75) is 6.92 Å². The van der Waals surface area contributed by atoms with Crippen LogP contribution < -0.4 is 5.32 Å². The lowest BCUT2D eigenvalue weighted by molar-refractivity contribution is 0.102. The third-order valence-electron chi connectivity index (χ3n) is 2.72. The van der Waals surface area contributed by atoms with E-state index in [0.717, 1.165) is 10.0 Å². The van der Waals surface area contributed by atoms with Crippen molar-refractivity contribution in [2.75, 3.05) is 5.32 Å². The van der Waals surface area contributed by atoms with Crippen molar-refractivity contribution in [1.82, 2.24) is 0 Å². The molecule has 0 radical (unpaired) electrons. The van der Waals surface area contributed by atoms with Crippen molar-refractivity contribution in [3.05, 3.63) is 62.6 Å². The number of halogens is 2. The Morgan fingerprint density at radius 2 is 2.05 bits per heavy atom. The maximum Gasteiger partial charge on any atom is 0.256 e. The van der Waals surface area contributed by atoms with Crippen LogP contribution in [0.5, 0.6) is 0 Å². The van der Waals surface area contributed by atoms with Crippen LogP contribution in [0.1, 0.15) is 21.5 Å². The summed E-state index contributed by atoms with van der Waals surface area (Å²) < 4.78 is 0.722. The zero-order valence-electron chi connectivity index (χ0n) is 10.6. The van der Waals surface area contributed by atoms with Crippen LogP contribution in [0, 0.1) is 18.3 Å². The summed E-state index contributed by atoms with van der Waals surface area (Å²) in [6, 6.07) is 12.2. The molecule has 0 aromatic heterocycles. The van der Waals surface area contributed by atoms with Crippen LogP contribution in [0.3, 0.4) is 0 Å². The summed E-state index contributed by atoms with van der Waals surface area (Å²) in [5.41, 5.74) is 2.51. The van der Waals surface area contributed by atoms with Gasteiger partial charge >= 0.3 is 0 Å². The third-order valence-corrected chi connectivity index (χ3v) is 3.68. The van der Waals surface area contributed by atoms with Gasteiger partial charge in [0.25, 0.3) is 5.91 Å². The molecule has 0 aliphatic rings. The van der Waals surface area contributed by atoms with Gasteiger partial charge in [-0.2, -0.15) is 5.26 Å². The van der Waals surface area contributed by atoms with Crippen LogP contribution in [0.2, 0.25) is 5.02 Å². The second kappa shape index (κ2) is 6.08. The summed E-state index contributed by atoms with van der Waals surface area (Å²) in [7, 11) is 0. The number of hydrogen-bond donors (Lipinski definition) is 1. The average Bonchev–Trinajstić information content (AvgIpc) is 2.40. The second-order valence-electron chi connectivity index (χ2n) is 4.24. The maximum atomic E-state index is 12.2. The Labute approximate surface area is 130 Å². The van der Waals surface area contributed by atoms with Crippen LogP contribution in [-0.4, -0.2) is 5.91 Å². The lowest BCUT2D eigenvalue weighted by Gasteiger charge is -2.09. The number of rotatable bonds is 2. The van der Waals surface area contributed by atoms with Crippen molar-refractivity contribution in [3.8, 4) is 6.07 Å². The molecule has 0 spiro atoms. The first kappa shape index (κ1) is 14.6. The van der Waals surface area contributed by atoms with Crippen molar-refractivity contribution < 1.29 is 4.79 Å². The van der Waals surface area contributed by atoms with E-state index >= 15 is 0 Å². The first-order valence-electron chi connectivity index (χ1n) is 5.78. The van der Waals surface area contributed by atoms with E-state index in [-0.39, 0.29) is 5.91 Å². The van der Waals surface area contributed by atoms with E-state index in [4.69, 9.17) is 16.9 Å². The molecule has 0 fully saturated rings. The summed E-state index contributed by atoms with van der Waals surface area (Å²) in [6.45, 7) is 1.95. The molecular formula is C15H10BrClN2O. The predicted molar refractivity (Wildman–Crippen MR) is 83.0 cm³/mol. The first-order valence-corrected chi connectivity index (χ1v) is 6.95. The molecule has 0 unspecified atom stereocenters. The van der Waals surface area contributed by atoms with Crippen molar-refractivity contribution in [3.63, 3.8) is 0 Å². The average molecular weight is 350 g/mol. The SMILES string of the molecule is Cc1ccc(C(=O)Nc2ccc(C#N)cc2Cl)c(Br)c1. The Morgan fingerprint density at radius 3 is 2.65 bits per heavy atom. The molecule has 0 aliphatic heterocycles. The minimum atomic E-state index is -0.261. The van der Waals surface area contributed by atoms with Crippen LogP contribution in [0.25, 0.3) is 0 Å². The number of nitrogens with one attached hydrogen (secondary N) is 1. The van der Waals surface area contributed by atoms with Crippen LogP contribution in [0.4, 0.5) is 5.69 Å². The molecule has 3 nitrogen and oxygen atoms in total. The van der Waals surface area contributed by atoms with E-state index in [1.54, 1.807) is 18.2 Å². The number of carbonyl (C=O) groups is 1. The molecule has 0 bridgehead atoms. The fourth-order valence-corrected chi connectivity index (χ4v) is 2.58. The third kappa shape index (κ3) is 3.19. The molecule has 5 heteroatoms. The molecular weight excluding hydrogens is 340 g/mol. The quantitative estimate of drug-likeness (QED) is 0.865. The fourth-order valence-electron chi connectivity index (χ4n) is 1.68. The maximum absolute atomic E-state index is 12.2. The molecule has 1 amide bonds. The lowest BCUT2D eigenvalue weighted by atomic mass is 10.1. The van der Waals surface area contributed by atoms with E-state index in [2.05, 4.69) is 21.2 Å². The van der Waals surface area contributed by atoms with Gasteiger partial charge in [0.15, 0.2) is 0 Å². The number of amides is 1. The van der Waals surface area contributed by atoms with Gasteiger partial charge in [0.05, 0.1) is 27.9 Å². The Kier molecular flexibility index (Phi) is 4.43. The predicted octanol–water partition coefficient (Wildman–Crippen LogP) is 4.53. The molecule has 1 N–H and O–H groups in total. The van der Waals surface area contributed by atoms with Crippen LogP contribution in [-0.2, 0) is 0 Å². The standard InChI is InChI=1S/C15H10BrClN2O/c1-9-2-4-11(12(16)6-9)15(20)19-14-5-3-10(8-18)7-13(14)17/h2-7H,1H3,(H,19,20). The minimum Gasteiger partial charge on any atom is -0.321 e. The van der Waals surface area contributed by atoms with E-state index < -0.39 is 0 Å². The van der Waals surface area contributed by atoms with Crippen molar-refractivity contribution >= 4 is 39.1 Å². The number of nitrogens with zero attached hydrogens (tertiary/aromatic N) is 1. The summed E-state index contributed by atoms with van der Waals surface area (Å²) in [5, 5.41) is 11.8. The highest BCUT2D eigenvalue weighted by molar-refractivity contribution is 9.10. The van der Waals surface area contributed by atoms with Crippen molar-refractivity contribution in [1.29, 1.82) is 5.26 Å². The molecule has 100 valence electrons. The van der Waals surface area contributed by atoms with E-state index in [1.165, 1.54) is 6.07 Å². The van der Waals surface area contributed by atoms with Gasteiger partial charge in [-0.3, -0.25) is 4.79 Å². The van der Waals surface area contributed by atoms with Gasteiger partial charge in [-0.25, -0.2) is 0 Å². The number of carbonyl (C=O) groups excluding carboxylic acids is 1. The zero-order chi connectivity index (χ0) is 14.7. The molecule has 2 aromatic rings. The summed E-state index contributed by atoms with van der Waals surface area (Å²) in [5.74, 6) is -0.261. The van der Waals surface area contributed by atoms with E-state index in [9.17, 15) is 4.79 Å². The fraction of sp³-hybridized carbons (Fsp3) is 0.0667. The number of anilines is 1. The normalized spacial score (nSPS) is 9.90. The van der Waals surface area contributed by atoms with Gasteiger partial charge in [0.1, 0.15) is 0 Å². The van der Waals surface area contributed by atoms with Crippen molar-refractivity contribution in [2.24, 2.45) is 0 Å². The monoisotopic (exact) mass is 348 g/mol. The van der Waals surface area contributed by atoms with E-state index in [0.29, 0.717) is 21.8 Å². The van der Waals surface area contributed by atoms with Crippen LogP contribution in [0.15, 0.2) is 40.9 Å².